The van der Waals surface area contributed by atoms with E-state index in [1.807, 2.05) is 42.2 Å². The predicted molar refractivity (Wildman–Crippen MR) is 110 cm³/mol. The number of hydrogen-bond acceptors (Lipinski definition) is 5. The summed E-state index contributed by atoms with van der Waals surface area (Å²) in [5.74, 6) is 1.56. The number of anilines is 1. The summed E-state index contributed by atoms with van der Waals surface area (Å²) in [6, 6.07) is 14.0. The van der Waals surface area contributed by atoms with E-state index in [0.29, 0.717) is 13.1 Å². The Bertz CT molecular complexity index is 969. The summed E-state index contributed by atoms with van der Waals surface area (Å²) >= 11 is 0. The van der Waals surface area contributed by atoms with Gasteiger partial charge in [-0.05, 0) is 41.5 Å². The number of ether oxygens (including phenoxy) is 1. The van der Waals surface area contributed by atoms with Crippen molar-refractivity contribution >= 4 is 22.6 Å². The molecule has 2 aromatic carbocycles. The zero-order valence-electron chi connectivity index (χ0n) is 16.2. The summed E-state index contributed by atoms with van der Waals surface area (Å²) in [6.07, 6.45) is 3.49. The van der Waals surface area contributed by atoms with E-state index in [2.05, 4.69) is 27.0 Å². The third kappa shape index (κ3) is 3.63. The molecule has 1 aromatic heterocycles. The van der Waals surface area contributed by atoms with Gasteiger partial charge in [-0.15, -0.1) is 0 Å². The summed E-state index contributed by atoms with van der Waals surface area (Å²) in [5, 5.41) is 2.23. The van der Waals surface area contributed by atoms with Crippen LogP contribution in [0, 0.1) is 0 Å². The number of carbonyl (C=O) groups excluding carboxylic acids is 1. The highest BCUT2D eigenvalue weighted by Gasteiger charge is 2.26. The number of methoxy groups -OCH3 is 1. The van der Waals surface area contributed by atoms with Gasteiger partial charge in [0.2, 0.25) is 11.9 Å². The number of rotatable bonds is 4. The molecule has 0 N–H and O–H groups in total. The number of amides is 1. The van der Waals surface area contributed by atoms with Crippen LogP contribution in [0.25, 0.3) is 10.8 Å². The largest absolute Gasteiger partial charge is 0.497 e. The molecule has 144 valence electrons. The Kier molecular flexibility index (Phi) is 5.10. The van der Waals surface area contributed by atoms with Crippen LogP contribution in [-0.4, -0.2) is 54.1 Å². The quantitative estimate of drug-likeness (QED) is 0.700. The van der Waals surface area contributed by atoms with Gasteiger partial charge < -0.3 is 14.5 Å². The molecule has 0 aliphatic carbocycles. The molecule has 1 aliphatic heterocycles. The monoisotopic (exact) mass is 376 g/mol. The molecule has 1 saturated heterocycles. The maximum atomic E-state index is 13.0. The van der Waals surface area contributed by atoms with Gasteiger partial charge in [0.15, 0.2) is 0 Å². The van der Waals surface area contributed by atoms with E-state index in [-0.39, 0.29) is 11.8 Å². The number of aromatic nitrogens is 2. The molecule has 0 radical (unpaired) electrons. The van der Waals surface area contributed by atoms with Crippen molar-refractivity contribution in [1.82, 2.24) is 14.9 Å². The zero-order chi connectivity index (χ0) is 19.5. The van der Waals surface area contributed by atoms with Crippen LogP contribution in [0.2, 0.25) is 0 Å². The first kappa shape index (κ1) is 18.2. The smallest absolute Gasteiger partial charge is 0.229 e. The number of nitrogens with zero attached hydrogens (tertiary/aromatic N) is 4. The maximum absolute atomic E-state index is 13.0. The summed E-state index contributed by atoms with van der Waals surface area (Å²) in [7, 11) is 1.67. The van der Waals surface area contributed by atoms with Gasteiger partial charge in [0.05, 0.1) is 13.0 Å². The van der Waals surface area contributed by atoms with Gasteiger partial charge in [0.25, 0.3) is 0 Å². The molecule has 1 amide bonds. The van der Waals surface area contributed by atoms with Crippen molar-refractivity contribution in [3.8, 4) is 5.75 Å². The van der Waals surface area contributed by atoms with Crippen LogP contribution in [0.3, 0.4) is 0 Å². The Balaban J connectivity index is 1.44. The van der Waals surface area contributed by atoms with Crippen molar-refractivity contribution in [3.63, 3.8) is 0 Å². The molecule has 0 spiro atoms. The second-order valence-electron chi connectivity index (χ2n) is 7.06. The van der Waals surface area contributed by atoms with Gasteiger partial charge in [-0.3, -0.25) is 4.79 Å². The first-order valence-electron chi connectivity index (χ1n) is 9.54. The lowest BCUT2D eigenvalue weighted by Gasteiger charge is -2.36. The third-order valence-corrected chi connectivity index (χ3v) is 5.37. The van der Waals surface area contributed by atoms with Gasteiger partial charge in [0, 0.05) is 38.6 Å². The lowest BCUT2D eigenvalue weighted by Crippen LogP contribution is -2.50. The fourth-order valence-corrected chi connectivity index (χ4v) is 3.64. The SMILES string of the molecule is COc1ccc2cc(C(C)C(=O)N3CCN(c4ncccn4)CC3)ccc2c1. The molecule has 2 heterocycles. The van der Waals surface area contributed by atoms with Gasteiger partial charge in [-0.1, -0.05) is 24.3 Å². The molecular formula is C22H24N4O2. The van der Waals surface area contributed by atoms with Crippen molar-refractivity contribution in [3.05, 3.63) is 60.4 Å². The molecule has 1 fully saturated rings. The number of piperazine rings is 1. The summed E-state index contributed by atoms with van der Waals surface area (Å²) < 4.78 is 5.28. The van der Waals surface area contributed by atoms with E-state index in [0.717, 1.165) is 41.1 Å². The van der Waals surface area contributed by atoms with E-state index in [1.165, 1.54) is 0 Å². The van der Waals surface area contributed by atoms with Crippen LogP contribution < -0.4 is 9.64 Å². The molecule has 0 bridgehead atoms. The van der Waals surface area contributed by atoms with Gasteiger partial charge >= 0.3 is 0 Å². The van der Waals surface area contributed by atoms with Crippen molar-refractivity contribution in [1.29, 1.82) is 0 Å². The Morgan fingerprint density at radius 2 is 1.68 bits per heavy atom. The normalized spacial score (nSPS) is 15.5. The summed E-state index contributed by atoms with van der Waals surface area (Å²) in [6.45, 7) is 4.86. The highest BCUT2D eigenvalue weighted by Crippen LogP contribution is 2.26. The average Bonchev–Trinajstić information content (AvgIpc) is 2.78. The van der Waals surface area contributed by atoms with Crippen molar-refractivity contribution in [2.24, 2.45) is 0 Å². The lowest BCUT2D eigenvalue weighted by atomic mass is 9.96. The molecule has 6 heteroatoms. The Morgan fingerprint density at radius 1 is 1.00 bits per heavy atom. The first-order chi connectivity index (χ1) is 13.7. The number of carbonyl (C=O) groups is 1. The van der Waals surface area contributed by atoms with Crippen LogP contribution in [-0.2, 0) is 4.79 Å². The average molecular weight is 376 g/mol. The molecule has 3 aromatic rings. The number of hydrogen-bond donors (Lipinski definition) is 0. The Labute approximate surface area is 164 Å². The van der Waals surface area contributed by atoms with E-state index >= 15 is 0 Å². The van der Waals surface area contributed by atoms with Gasteiger partial charge in [0.1, 0.15) is 5.75 Å². The van der Waals surface area contributed by atoms with Crippen molar-refractivity contribution < 1.29 is 9.53 Å². The van der Waals surface area contributed by atoms with E-state index in [4.69, 9.17) is 4.74 Å². The first-order valence-corrected chi connectivity index (χ1v) is 9.54. The third-order valence-electron chi connectivity index (χ3n) is 5.37. The molecule has 0 saturated carbocycles. The fraction of sp³-hybridized carbons (Fsp3) is 0.318. The minimum Gasteiger partial charge on any atom is -0.497 e. The maximum Gasteiger partial charge on any atom is 0.229 e. The number of fused-ring (bicyclic) bond motifs is 1. The van der Waals surface area contributed by atoms with E-state index < -0.39 is 0 Å². The highest BCUT2D eigenvalue weighted by atomic mass is 16.5. The molecule has 1 atom stereocenters. The van der Waals surface area contributed by atoms with Crippen LogP contribution in [0.4, 0.5) is 5.95 Å². The topological polar surface area (TPSA) is 58.6 Å². The molecule has 6 nitrogen and oxygen atoms in total. The second kappa shape index (κ2) is 7.84. The van der Waals surface area contributed by atoms with Crippen LogP contribution in [0.1, 0.15) is 18.4 Å². The fourth-order valence-electron chi connectivity index (χ4n) is 3.64. The molecular weight excluding hydrogens is 352 g/mol. The van der Waals surface area contributed by atoms with Crippen LogP contribution >= 0.6 is 0 Å². The molecule has 1 unspecified atom stereocenters. The van der Waals surface area contributed by atoms with Crippen molar-refractivity contribution in [2.45, 2.75) is 12.8 Å². The standard InChI is InChI=1S/C22H24N4O2/c1-16(17-4-5-19-15-20(28-2)7-6-18(19)14-17)21(27)25-10-12-26(13-11-25)22-23-8-3-9-24-22/h3-9,14-16H,10-13H2,1-2H3. The molecule has 1 aliphatic rings. The highest BCUT2D eigenvalue weighted by molar-refractivity contribution is 5.88. The van der Waals surface area contributed by atoms with Crippen LogP contribution in [0.15, 0.2) is 54.9 Å². The Morgan fingerprint density at radius 3 is 2.39 bits per heavy atom. The second-order valence-corrected chi connectivity index (χ2v) is 7.06. The van der Waals surface area contributed by atoms with Crippen LogP contribution in [0.5, 0.6) is 5.75 Å². The van der Waals surface area contributed by atoms with E-state index in [1.54, 1.807) is 19.5 Å². The summed E-state index contributed by atoms with van der Waals surface area (Å²) in [5.41, 5.74) is 1.04. The lowest BCUT2D eigenvalue weighted by molar-refractivity contribution is -0.132. The van der Waals surface area contributed by atoms with E-state index in [9.17, 15) is 4.79 Å². The minimum absolute atomic E-state index is 0.168. The Hall–Kier alpha value is -3.15. The minimum atomic E-state index is -0.175. The number of benzene rings is 2. The summed E-state index contributed by atoms with van der Waals surface area (Å²) in [4.78, 5) is 25.7. The zero-order valence-corrected chi connectivity index (χ0v) is 16.2. The predicted octanol–water partition coefficient (Wildman–Crippen LogP) is 3.09. The molecule has 4 rings (SSSR count). The van der Waals surface area contributed by atoms with Crippen molar-refractivity contribution in [2.75, 3.05) is 38.2 Å². The van der Waals surface area contributed by atoms with Gasteiger partial charge in [-0.25, -0.2) is 9.97 Å². The van der Waals surface area contributed by atoms with Gasteiger partial charge in [-0.2, -0.15) is 0 Å². The molecule has 28 heavy (non-hydrogen) atoms.